The molecule has 0 saturated heterocycles. The number of fused-ring (bicyclic) bond motifs is 1. The number of nitrogens with two attached hydrogens (primary N) is 1. The van der Waals surface area contributed by atoms with Crippen LogP contribution in [0.2, 0.25) is 0 Å². The van der Waals surface area contributed by atoms with Crippen molar-refractivity contribution in [1.82, 2.24) is 0 Å². The predicted molar refractivity (Wildman–Crippen MR) is 85.3 cm³/mol. The highest BCUT2D eigenvalue weighted by Gasteiger charge is 2.43. The summed E-state index contributed by atoms with van der Waals surface area (Å²) in [4.78, 5) is 24.3. The number of ether oxygens (including phenoxy) is 4. The van der Waals surface area contributed by atoms with Gasteiger partial charge in [0.25, 0.3) is 0 Å². The van der Waals surface area contributed by atoms with Gasteiger partial charge in [0.2, 0.25) is 5.88 Å². The van der Waals surface area contributed by atoms with Crippen molar-refractivity contribution in [2.45, 2.75) is 12.8 Å². The number of esters is 2. The number of benzene rings is 1. The van der Waals surface area contributed by atoms with Gasteiger partial charge in [0.15, 0.2) is 17.4 Å². The average molecular weight is 346 g/mol. The molecular weight excluding hydrogens is 328 g/mol. The zero-order valence-corrected chi connectivity index (χ0v) is 14.1. The molecule has 1 heterocycles. The SMILES string of the molecule is CCOc1cccc2c1OC(N)=C(C(=O)OC)C2C(C#N)C(=O)OC. The highest BCUT2D eigenvalue weighted by Crippen LogP contribution is 2.47. The Labute approximate surface area is 144 Å². The van der Waals surface area contributed by atoms with Gasteiger partial charge < -0.3 is 24.7 Å². The Balaban J connectivity index is 2.70. The summed E-state index contributed by atoms with van der Waals surface area (Å²) in [5.74, 6) is -3.51. The fourth-order valence-electron chi connectivity index (χ4n) is 2.70. The molecule has 0 radical (unpaired) electrons. The summed E-state index contributed by atoms with van der Waals surface area (Å²) in [6.07, 6.45) is 0. The first-order valence-electron chi connectivity index (χ1n) is 7.49. The quantitative estimate of drug-likeness (QED) is 0.790. The van der Waals surface area contributed by atoms with Crippen LogP contribution < -0.4 is 15.2 Å². The molecule has 2 rings (SSSR count). The summed E-state index contributed by atoms with van der Waals surface area (Å²) in [6, 6.07) is 6.84. The second-order valence-corrected chi connectivity index (χ2v) is 5.09. The lowest BCUT2D eigenvalue weighted by molar-refractivity contribution is -0.144. The van der Waals surface area contributed by atoms with Crippen LogP contribution in [-0.4, -0.2) is 32.8 Å². The maximum atomic E-state index is 12.2. The third-order valence-electron chi connectivity index (χ3n) is 3.77. The van der Waals surface area contributed by atoms with E-state index in [0.717, 1.165) is 7.11 Å². The molecule has 8 nitrogen and oxygen atoms in total. The minimum atomic E-state index is -1.31. The van der Waals surface area contributed by atoms with E-state index in [1.807, 2.05) is 6.07 Å². The van der Waals surface area contributed by atoms with Crippen molar-refractivity contribution in [2.24, 2.45) is 11.7 Å². The van der Waals surface area contributed by atoms with Gasteiger partial charge in [-0.1, -0.05) is 12.1 Å². The van der Waals surface area contributed by atoms with Crippen LogP contribution in [0.3, 0.4) is 0 Å². The molecule has 0 aliphatic carbocycles. The Hall–Kier alpha value is -3.21. The summed E-state index contributed by atoms with van der Waals surface area (Å²) in [7, 11) is 2.33. The summed E-state index contributed by atoms with van der Waals surface area (Å²) in [5.41, 5.74) is 6.20. The van der Waals surface area contributed by atoms with Crippen LogP contribution in [0.4, 0.5) is 0 Å². The highest BCUT2D eigenvalue weighted by molar-refractivity contribution is 5.94. The molecular formula is C17H18N2O6. The normalized spacial score (nSPS) is 16.8. The third-order valence-corrected chi connectivity index (χ3v) is 3.77. The summed E-state index contributed by atoms with van der Waals surface area (Å²) in [6.45, 7) is 2.17. The molecule has 0 saturated carbocycles. The Bertz CT molecular complexity index is 765. The van der Waals surface area contributed by atoms with Gasteiger partial charge >= 0.3 is 11.9 Å². The van der Waals surface area contributed by atoms with E-state index in [1.54, 1.807) is 25.1 Å². The van der Waals surface area contributed by atoms with E-state index in [4.69, 9.17) is 24.7 Å². The van der Waals surface area contributed by atoms with Crippen LogP contribution in [0, 0.1) is 17.2 Å². The smallest absolute Gasteiger partial charge is 0.339 e. The lowest BCUT2D eigenvalue weighted by Crippen LogP contribution is -2.33. The van der Waals surface area contributed by atoms with Gasteiger partial charge in [-0.2, -0.15) is 5.26 Å². The van der Waals surface area contributed by atoms with Crippen LogP contribution in [0.15, 0.2) is 29.7 Å². The molecule has 0 aromatic heterocycles. The molecule has 1 aromatic carbocycles. The van der Waals surface area contributed by atoms with Crippen LogP contribution >= 0.6 is 0 Å². The standard InChI is InChI=1S/C17H18N2O6/c1-4-24-11-7-5-6-9-12(10(8-18)16(20)22-2)13(17(21)23-3)15(19)25-14(9)11/h5-7,10,12H,4,19H2,1-3H3. The van der Waals surface area contributed by atoms with Crippen molar-refractivity contribution in [3.8, 4) is 17.6 Å². The second kappa shape index (κ2) is 7.57. The van der Waals surface area contributed by atoms with Crippen LogP contribution in [0.25, 0.3) is 0 Å². The van der Waals surface area contributed by atoms with E-state index in [9.17, 15) is 14.9 Å². The maximum Gasteiger partial charge on any atom is 0.339 e. The fraction of sp³-hybridized carbons (Fsp3) is 0.353. The largest absolute Gasteiger partial charge is 0.490 e. The maximum absolute atomic E-state index is 12.2. The van der Waals surface area contributed by atoms with Crippen molar-refractivity contribution in [3.63, 3.8) is 0 Å². The summed E-state index contributed by atoms with van der Waals surface area (Å²) in [5, 5.41) is 9.50. The minimum Gasteiger partial charge on any atom is -0.490 e. The first-order chi connectivity index (χ1) is 12.0. The first kappa shape index (κ1) is 18.1. The monoisotopic (exact) mass is 346 g/mol. The van der Waals surface area contributed by atoms with Crippen molar-refractivity contribution >= 4 is 11.9 Å². The van der Waals surface area contributed by atoms with E-state index in [1.165, 1.54) is 7.11 Å². The number of hydrogen-bond donors (Lipinski definition) is 1. The molecule has 0 spiro atoms. The van der Waals surface area contributed by atoms with E-state index in [0.29, 0.717) is 17.9 Å². The molecule has 132 valence electrons. The van der Waals surface area contributed by atoms with Crippen molar-refractivity contribution < 1.29 is 28.5 Å². The lowest BCUT2D eigenvalue weighted by atomic mass is 9.79. The van der Waals surface area contributed by atoms with Gasteiger partial charge in [-0.25, -0.2) is 4.79 Å². The van der Waals surface area contributed by atoms with E-state index >= 15 is 0 Å². The molecule has 8 heteroatoms. The average Bonchev–Trinajstić information content (AvgIpc) is 2.62. The minimum absolute atomic E-state index is 0.111. The number of methoxy groups -OCH3 is 2. The second-order valence-electron chi connectivity index (χ2n) is 5.09. The summed E-state index contributed by atoms with van der Waals surface area (Å²) >= 11 is 0. The molecule has 1 aliphatic rings. The van der Waals surface area contributed by atoms with Crippen molar-refractivity contribution in [1.29, 1.82) is 5.26 Å². The molecule has 0 bridgehead atoms. The number of carbonyl (C=O) groups excluding carboxylic acids is 2. The van der Waals surface area contributed by atoms with Gasteiger partial charge in [-0.15, -0.1) is 0 Å². The van der Waals surface area contributed by atoms with E-state index in [2.05, 4.69) is 0 Å². The number of rotatable bonds is 5. The molecule has 0 amide bonds. The lowest BCUT2D eigenvalue weighted by Gasteiger charge is -2.30. The number of nitrogens with zero attached hydrogens (tertiary/aromatic N) is 1. The van der Waals surface area contributed by atoms with Crippen molar-refractivity contribution in [2.75, 3.05) is 20.8 Å². The molecule has 1 aromatic rings. The van der Waals surface area contributed by atoms with Crippen LogP contribution in [-0.2, 0) is 19.1 Å². The van der Waals surface area contributed by atoms with Gasteiger partial charge in [-0.3, -0.25) is 4.79 Å². The zero-order valence-electron chi connectivity index (χ0n) is 14.1. The molecule has 2 unspecified atom stereocenters. The van der Waals surface area contributed by atoms with Crippen LogP contribution in [0.1, 0.15) is 18.4 Å². The fourth-order valence-corrected chi connectivity index (χ4v) is 2.70. The topological polar surface area (TPSA) is 121 Å². The number of carbonyl (C=O) groups is 2. The Morgan fingerprint density at radius 1 is 1.36 bits per heavy atom. The zero-order chi connectivity index (χ0) is 18.6. The predicted octanol–water partition coefficient (Wildman–Crippen LogP) is 1.22. The highest BCUT2D eigenvalue weighted by atomic mass is 16.5. The van der Waals surface area contributed by atoms with Crippen molar-refractivity contribution in [3.05, 3.63) is 35.2 Å². The Morgan fingerprint density at radius 3 is 2.64 bits per heavy atom. The molecule has 25 heavy (non-hydrogen) atoms. The van der Waals surface area contributed by atoms with Gasteiger partial charge in [0.05, 0.1) is 32.8 Å². The molecule has 2 atom stereocenters. The molecule has 0 fully saturated rings. The third kappa shape index (κ3) is 3.21. The Kier molecular flexibility index (Phi) is 5.49. The number of nitriles is 1. The van der Waals surface area contributed by atoms with Gasteiger partial charge in [0, 0.05) is 5.56 Å². The Morgan fingerprint density at radius 2 is 2.08 bits per heavy atom. The first-order valence-corrected chi connectivity index (χ1v) is 7.49. The molecule has 2 N–H and O–H groups in total. The molecule has 1 aliphatic heterocycles. The van der Waals surface area contributed by atoms with E-state index < -0.39 is 23.8 Å². The number of hydrogen-bond acceptors (Lipinski definition) is 8. The van der Waals surface area contributed by atoms with Gasteiger partial charge in [-0.05, 0) is 13.0 Å². The van der Waals surface area contributed by atoms with Crippen LogP contribution in [0.5, 0.6) is 11.5 Å². The summed E-state index contributed by atoms with van der Waals surface area (Å²) < 4.78 is 20.5. The number of para-hydroxylation sites is 1. The van der Waals surface area contributed by atoms with Gasteiger partial charge in [0.1, 0.15) is 5.57 Å². The van der Waals surface area contributed by atoms with E-state index in [-0.39, 0.29) is 17.2 Å².